The maximum atomic E-state index is 5.63. The Kier molecular flexibility index (Phi) is 5.45. The molecule has 1 N–H and O–H groups in total. The van der Waals surface area contributed by atoms with E-state index in [-0.39, 0.29) is 0 Å². The van der Waals surface area contributed by atoms with Crippen molar-refractivity contribution in [2.45, 2.75) is 51.8 Å². The van der Waals surface area contributed by atoms with E-state index in [0.717, 1.165) is 32.7 Å². The van der Waals surface area contributed by atoms with Crippen molar-refractivity contribution in [1.82, 2.24) is 5.32 Å². The van der Waals surface area contributed by atoms with E-state index >= 15 is 0 Å². The maximum Gasteiger partial charge on any atom is 0.0704 e. The highest BCUT2D eigenvalue weighted by Crippen LogP contribution is 2.23. The summed E-state index contributed by atoms with van der Waals surface area (Å²) in [5, 5.41) is 3.50. The highest BCUT2D eigenvalue weighted by molar-refractivity contribution is 4.86. The first-order chi connectivity index (χ1) is 6.72. The van der Waals surface area contributed by atoms with Crippen molar-refractivity contribution in [3.63, 3.8) is 0 Å². The normalized spacial score (nSPS) is 26.6. The van der Waals surface area contributed by atoms with Crippen LogP contribution in [0, 0.1) is 0 Å². The van der Waals surface area contributed by atoms with Crippen LogP contribution >= 0.6 is 0 Å². The quantitative estimate of drug-likeness (QED) is 0.634. The molecular formula is C11H23NO2. The van der Waals surface area contributed by atoms with E-state index in [1.165, 1.54) is 0 Å². The molecule has 0 aromatic heterocycles. The Morgan fingerprint density at radius 3 is 2.57 bits per heavy atom. The first-order valence-electron chi connectivity index (χ1n) is 5.67. The SMILES string of the molecule is CCOCCOC1CC(NC(C)C)C1. The number of nitrogens with one attached hydrogen (secondary N) is 1. The molecule has 0 atom stereocenters. The molecule has 1 fully saturated rings. The van der Waals surface area contributed by atoms with Crippen LogP contribution in [0.25, 0.3) is 0 Å². The predicted molar refractivity (Wildman–Crippen MR) is 57.5 cm³/mol. The molecule has 0 amide bonds. The van der Waals surface area contributed by atoms with Gasteiger partial charge < -0.3 is 14.8 Å². The summed E-state index contributed by atoms with van der Waals surface area (Å²) >= 11 is 0. The lowest BCUT2D eigenvalue weighted by Crippen LogP contribution is -2.48. The van der Waals surface area contributed by atoms with Crippen molar-refractivity contribution in [2.75, 3.05) is 19.8 Å². The van der Waals surface area contributed by atoms with Crippen LogP contribution in [0.5, 0.6) is 0 Å². The first-order valence-corrected chi connectivity index (χ1v) is 5.67. The standard InChI is InChI=1S/C11H23NO2/c1-4-13-5-6-14-11-7-10(8-11)12-9(2)3/h9-12H,4-8H2,1-3H3. The van der Waals surface area contributed by atoms with Crippen LogP contribution in [-0.4, -0.2) is 38.0 Å². The summed E-state index contributed by atoms with van der Waals surface area (Å²) in [5.74, 6) is 0. The molecule has 0 aliphatic heterocycles. The molecule has 1 aliphatic carbocycles. The van der Waals surface area contributed by atoms with Crippen LogP contribution in [0.2, 0.25) is 0 Å². The largest absolute Gasteiger partial charge is 0.379 e. The first kappa shape index (κ1) is 12.0. The van der Waals surface area contributed by atoms with Gasteiger partial charge in [0.15, 0.2) is 0 Å². The monoisotopic (exact) mass is 201 g/mol. The van der Waals surface area contributed by atoms with E-state index in [4.69, 9.17) is 9.47 Å². The smallest absolute Gasteiger partial charge is 0.0704 e. The van der Waals surface area contributed by atoms with E-state index in [2.05, 4.69) is 19.2 Å². The van der Waals surface area contributed by atoms with Gasteiger partial charge in [-0.2, -0.15) is 0 Å². The fraction of sp³-hybridized carbons (Fsp3) is 1.00. The highest BCUT2D eigenvalue weighted by atomic mass is 16.5. The third-order valence-electron chi connectivity index (χ3n) is 2.45. The highest BCUT2D eigenvalue weighted by Gasteiger charge is 2.29. The molecule has 0 unspecified atom stereocenters. The maximum absolute atomic E-state index is 5.63. The summed E-state index contributed by atoms with van der Waals surface area (Å²) in [6.45, 7) is 8.63. The molecule has 0 aromatic carbocycles. The average Bonchev–Trinajstić information content (AvgIpc) is 2.06. The van der Waals surface area contributed by atoms with E-state index < -0.39 is 0 Å². The van der Waals surface area contributed by atoms with Gasteiger partial charge in [0.25, 0.3) is 0 Å². The molecule has 1 rings (SSSR count). The molecule has 84 valence electrons. The van der Waals surface area contributed by atoms with Crippen LogP contribution in [0.15, 0.2) is 0 Å². The van der Waals surface area contributed by atoms with Crippen LogP contribution in [-0.2, 0) is 9.47 Å². The van der Waals surface area contributed by atoms with Gasteiger partial charge in [-0.1, -0.05) is 13.8 Å². The Morgan fingerprint density at radius 1 is 1.29 bits per heavy atom. The third-order valence-corrected chi connectivity index (χ3v) is 2.45. The summed E-state index contributed by atoms with van der Waals surface area (Å²) in [5.41, 5.74) is 0. The van der Waals surface area contributed by atoms with Gasteiger partial charge in [0.1, 0.15) is 0 Å². The van der Waals surface area contributed by atoms with Gasteiger partial charge in [-0.05, 0) is 19.8 Å². The molecule has 0 spiro atoms. The molecular weight excluding hydrogens is 178 g/mol. The lowest BCUT2D eigenvalue weighted by Gasteiger charge is -2.36. The second kappa shape index (κ2) is 6.38. The van der Waals surface area contributed by atoms with Crippen LogP contribution < -0.4 is 5.32 Å². The van der Waals surface area contributed by atoms with Gasteiger partial charge in [-0.15, -0.1) is 0 Å². The lowest BCUT2D eigenvalue weighted by molar-refractivity contribution is -0.0415. The summed E-state index contributed by atoms with van der Waals surface area (Å²) in [6, 6.07) is 1.26. The third kappa shape index (κ3) is 4.40. The minimum Gasteiger partial charge on any atom is -0.379 e. The van der Waals surface area contributed by atoms with Gasteiger partial charge in [-0.25, -0.2) is 0 Å². The van der Waals surface area contributed by atoms with Crippen molar-refractivity contribution >= 4 is 0 Å². The zero-order chi connectivity index (χ0) is 10.4. The summed E-state index contributed by atoms with van der Waals surface area (Å²) < 4.78 is 10.8. The molecule has 1 aliphatic rings. The van der Waals surface area contributed by atoms with Gasteiger partial charge in [-0.3, -0.25) is 0 Å². The van der Waals surface area contributed by atoms with Crippen molar-refractivity contribution in [2.24, 2.45) is 0 Å². The van der Waals surface area contributed by atoms with Crippen molar-refractivity contribution < 1.29 is 9.47 Å². The second-order valence-electron chi connectivity index (χ2n) is 4.18. The fourth-order valence-electron chi connectivity index (χ4n) is 1.73. The number of hydrogen-bond donors (Lipinski definition) is 1. The molecule has 1 saturated carbocycles. The Hall–Kier alpha value is -0.120. The molecule has 0 bridgehead atoms. The minimum atomic E-state index is 0.465. The summed E-state index contributed by atoms with van der Waals surface area (Å²) in [4.78, 5) is 0. The Bertz CT molecular complexity index is 144. The van der Waals surface area contributed by atoms with Gasteiger partial charge in [0, 0.05) is 18.7 Å². The zero-order valence-electron chi connectivity index (χ0n) is 9.58. The second-order valence-corrected chi connectivity index (χ2v) is 4.18. The van der Waals surface area contributed by atoms with Crippen LogP contribution in [0.1, 0.15) is 33.6 Å². The van der Waals surface area contributed by atoms with Crippen molar-refractivity contribution in [1.29, 1.82) is 0 Å². The van der Waals surface area contributed by atoms with Gasteiger partial charge in [0.05, 0.1) is 19.3 Å². The van der Waals surface area contributed by atoms with Crippen molar-refractivity contribution in [3.05, 3.63) is 0 Å². The minimum absolute atomic E-state index is 0.465. The molecule has 3 heteroatoms. The summed E-state index contributed by atoms with van der Waals surface area (Å²) in [6.07, 6.45) is 2.78. The lowest BCUT2D eigenvalue weighted by atomic mass is 9.89. The molecule has 0 radical (unpaired) electrons. The van der Waals surface area contributed by atoms with Crippen LogP contribution in [0.3, 0.4) is 0 Å². The van der Waals surface area contributed by atoms with E-state index in [1.807, 2.05) is 6.92 Å². The summed E-state index contributed by atoms with van der Waals surface area (Å²) in [7, 11) is 0. The fourth-order valence-corrected chi connectivity index (χ4v) is 1.73. The number of ether oxygens (including phenoxy) is 2. The topological polar surface area (TPSA) is 30.5 Å². The molecule has 0 aromatic rings. The van der Waals surface area contributed by atoms with Gasteiger partial charge in [0.2, 0.25) is 0 Å². The van der Waals surface area contributed by atoms with Crippen LogP contribution in [0.4, 0.5) is 0 Å². The van der Waals surface area contributed by atoms with Gasteiger partial charge >= 0.3 is 0 Å². The van der Waals surface area contributed by atoms with E-state index in [1.54, 1.807) is 0 Å². The average molecular weight is 201 g/mol. The zero-order valence-corrected chi connectivity index (χ0v) is 9.58. The molecule has 0 heterocycles. The number of rotatable bonds is 7. The Balaban J connectivity index is 1.89. The Labute approximate surface area is 87.2 Å². The molecule has 3 nitrogen and oxygen atoms in total. The van der Waals surface area contributed by atoms with E-state index in [9.17, 15) is 0 Å². The molecule has 0 saturated heterocycles. The van der Waals surface area contributed by atoms with Crippen molar-refractivity contribution in [3.8, 4) is 0 Å². The van der Waals surface area contributed by atoms with E-state index in [0.29, 0.717) is 18.2 Å². The predicted octanol–water partition coefficient (Wildman–Crippen LogP) is 1.57. The molecule has 14 heavy (non-hydrogen) atoms. The number of hydrogen-bond acceptors (Lipinski definition) is 3. The Morgan fingerprint density at radius 2 is 2.00 bits per heavy atom.